The number of piperidine rings is 1. The van der Waals surface area contributed by atoms with Gasteiger partial charge in [-0.2, -0.15) is 0 Å². The maximum absolute atomic E-state index is 12.3. The zero-order chi connectivity index (χ0) is 16.1. The van der Waals surface area contributed by atoms with E-state index in [9.17, 15) is 4.79 Å². The van der Waals surface area contributed by atoms with Crippen LogP contribution in [-0.4, -0.2) is 36.5 Å². The third-order valence-corrected chi connectivity index (χ3v) is 4.38. The SMILES string of the molecule is Cc1ccc(C(N)C(=O)NC(C)CN2CCCC(C)C2)cc1.Cl.Cl. The average molecular weight is 376 g/mol. The van der Waals surface area contributed by atoms with E-state index in [-0.39, 0.29) is 36.8 Å². The predicted molar refractivity (Wildman–Crippen MR) is 105 cm³/mol. The van der Waals surface area contributed by atoms with Crippen molar-refractivity contribution < 1.29 is 4.79 Å². The largest absolute Gasteiger partial charge is 0.351 e. The summed E-state index contributed by atoms with van der Waals surface area (Å²) in [7, 11) is 0. The molecule has 0 spiro atoms. The van der Waals surface area contributed by atoms with Gasteiger partial charge in [-0.3, -0.25) is 4.79 Å². The number of benzene rings is 1. The molecule has 1 aromatic carbocycles. The van der Waals surface area contributed by atoms with Gasteiger partial charge in [0.15, 0.2) is 0 Å². The molecule has 1 heterocycles. The van der Waals surface area contributed by atoms with E-state index in [2.05, 4.69) is 24.1 Å². The first-order chi connectivity index (χ1) is 10.5. The number of carbonyl (C=O) groups excluding carboxylic acids is 1. The van der Waals surface area contributed by atoms with E-state index < -0.39 is 6.04 Å². The molecule has 6 heteroatoms. The molecule has 3 atom stereocenters. The molecule has 0 bridgehead atoms. The second-order valence-electron chi connectivity index (χ2n) is 6.80. The van der Waals surface area contributed by atoms with Crippen molar-refractivity contribution in [3.8, 4) is 0 Å². The first kappa shape index (κ1) is 23.2. The van der Waals surface area contributed by atoms with Gasteiger partial charge in [-0.15, -0.1) is 24.8 Å². The number of nitrogens with two attached hydrogens (primary N) is 1. The molecule has 0 radical (unpaired) electrons. The molecule has 24 heavy (non-hydrogen) atoms. The van der Waals surface area contributed by atoms with E-state index in [4.69, 9.17) is 5.73 Å². The highest BCUT2D eigenvalue weighted by molar-refractivity contribution is 5.85. The second kappa shape index (κ2) is 10.9. The summed E-state index contributed by atoms with van der Waals surface area (Å²) in [6.07, 6.45) is 2.57. The van der Waals surface area contributed by atoms with Gasteiger partial charge in [0, 0.05) is 19.1 Å². The zero-order valence-electron chi connectivity index (χ0n) is 14.8. The Kier molecular flexibility index (Phi) is 10.6. The summed E-state index contributed by atoms with van der Waals surface area (Å²) in [5, 5.41) is 3.05. The van der Waals surface area contributed by atoms with E-state index >= 15 is 0 Å². The number of aryl methyl sites for hydroxylation is 1. The van der Waals surface area contributed by atoms with Crippen LogP contribution >= 0.6 is 24.8 Å². The minimum Gasteiger partial charge on any atom is -0.351 e. The normalized spacial score (nSPS) is 20.2. The molecule has 138 valence electrons. The van der Waals surface area contributed by atoms with Crippen molar-refractivity contribution in [2.24, 2.45) is 11.7 Å². The Hall–Kier alpha value is -0.810. The molecule has 1 aliphatic rings. The Bertz CT molecular complexity index is 496. The van der Waals surface area contributed by atoms with Gasteiger partial charge in [-0.05, 0) is 44.7 Å². The van der Waals surface area contributed by atoms with Crippen LogP contribution in [0, 0.1) is 12.8 Å². The van der Waals surface area contributed by atoms with Gasteiger partial charge in [-0.1, -0.05) is 36.8 Å². The third-order valence-electron chi connectivity index (χ3n) is 4.38. The fraction of sp³-hybridized carbons (Fsp3) is 0.611. The second-order valence-corrected chi connectivity index (χ2v) is 6.80. The molecule has 2 rings (SSSR count). The molecule has 1 amide bonds. The van der Waals surface area contributed by atoms with Crippen LogP contribution in [0.25, 0.3) is 0 Å². The van der Waals surface area contributed by atoms with E-state index in [1.54, 1.807) is 0 Å². The van der Waals surface area contributed by atoms with Gasteiger partial charge in [0.1, 0.15) is 6.04 Å². The minimum absolute atomic E-state index is 0. The van der Waals surface area contributed by atoms with E-state index in [0.717, 1.165) is 31.1 Å². The van der Waals surface area contributed by atoms with Crippen molar-refractivity contribution in [3.63, 3.8) is 0 Å². The van der Waals surface area contributed by atoms with Gasteiger partial charge in [-0.25, -0.2) is 0 Å². The van der Waals surface area contributed by atoms with E-state index in [0.29, 0.717) is 0 Å². The number of rotatable bonds is 5. The van der Waals surface area contributed by atoms with Crippen LogP contribution in [-0.2, 0) is 4.79 Å². The van der Waals surface area contributed by atoms with E-state index in [1.807, 2.05) is 31.2 Å². The molecular weight excluding hydrogens is 345 g/mol. The highest BCUT2D eigenvalue weighted by Gasteiger charge is 2.21. The Morgan fingerprint density at radius 1 is 1.33 bits per heavy atom. The van der Waals surface area contributed by atoms with Gasteiger partial charge in [0.25, 0.3) is 0 Å². The Labute approximate surface area is 158 Å². The van der Waals surface area contributed by atoms with Crippen molar-refractivity contribution >= 4 is 30.7 Å². The van der Waals surface area contributed by atoms with Crippen molar-refractivity contribution in [3.05, 3.63) is 35.4 Å². The van der Waals surface area contributed by atoms with Crippen LogP contribution in [0.5, 0.6) is 0 Å². The van der Waals surface area contributed by atoms with Crippen molar-refractivity contribution in [2.45, 2.75) is 45.7 Å². The third kappa shape index (κ3) is 6.98. The Morgan fingerprint density at radius 3 is 2.54 bits per heavy atom. The zero-order valence-corrected chi connectivity index (χ0v) is 16.5. The molecule has 3 N–H and O–H groups in total. The molecule has 0 aromatic heterocycles. The van der Waals surface area contributed by atoms with Gasteiger partial charge >= 0.3 is 0 Å². The van der Waals surface area contributed by atoms with Crippen molar-refractivity contribution in [1.82, 2.24) is 10.2 Å². The summed E-state index contributed by atoms with van der Waals surface area (Å²) in [6, 6.07) is 7.35. The van der Waals surface area contributed by atoms with Gasteiger partial charge in [0.2, 0.25) is 5.91 Å². The lowest BCUT2D eigenvalue weighted by Gasteiger charge is -2.33. The number of nitrogens with zero attached hydrogens (tertiary/aromatic N) is 1. The highest BCUT2D eigenvalue weighted by atomic mass is 35.5. The molecule has 1 fully saturated rings. The average Bonchev–Trinajstić information content (AvgIpc) is 2.47. The molecule has 0 saturated carbocycles. The van der Waals surface area contributed by atoms with Crippen LogP contribution in [0.4, 0.5) is 0 Å². The van der Waals surface area contributed by atoms with Crippen LogP contribution in [0.2, 0.25) is 0 Å². The highest BCUT2D eigenvalue weighted by Crippen LogP contribution is 2.16. The van der Waals surface area contributed by atoms with Crippen LogP contribution < -0.4 is 11.1 Å². The van der Waals surface area contributed by atoms with Gasteiger partial charge in [0.05, 0.1) is 0 Å². The standard InChI is InChI=1S/C18H29N3O.2ClH/c1-13-6-8-16(9-7-13)17(19)18(22)20-15(3)12-21-10-4-5-14(2)11-21;;/h6-9,14-15,17H,4-5,10-12,19H2,1-3H3,(H,20,22);2*1H. The Balaban J connectivity index is 0.00000264. The molecule has 1 aliphatic heterocycles. The molecular formula is C18H31Cl2N3O. The number of hydrogen-bond acceptors (Lipinski definition) is 3. The number of amides is 1. The Morgan fingerprint density at radius 2 is 1.96 bits per heavy atom. The molecule has 4 nitrogen and oxygen atoms in total. The molecule has 1 aromatic rings. The number of likely N-dealkylation sites (tertiary alicyclic amines) is 1. The lowest BCUT2D eigenvalue weighted by Crippen LogP contribution is -2.47. The van der Waals surface area contributed by atoms with Gasteiger partial charge < -0.3 is 16.0 Å². The first-order valence-corrected chi connectivity index (χ1v) is 8.30. The monoisotopic (exact) mass is 375 g/mol. The quantitative estimate of drug-likeness (QED) is 0.830. The minimum atomic E-state index is -0.594. The lowest BCUT2D eigenvalue weighted by molar-refractivity contribution is -0.123. The summed E-state index contributed by atoms with van der Waals surface area (Å²) in [5.74, 6) is 0.660. The van der Waals surface area contributed by atoms with Crippen LogP contribution in [0.3, 0.4) is 0 Å². The summed E-state index contributed by atoms with van der Waals surface area (Å²) < 4.78 is 0. The van der Waals surface area contributed by atoms with Crippen molar-refractivity contribution in [2.75, 3.05) is 19.6 Å². The van der Waals surface area contributed by atoms with E-state index in [1.165, 1.54) is 18.4 Å². The topological polar surface area (TPSA) is 58.4 Å². The maximum Gasteiger partial charge on any atom is 0.241 e. The van der Waals surface area contributed by atoms with Crippen LogP contribution in [0.1, 0.15) is 43.9 Å². The van der Waals surface area contributed by atoms with Crippen LogP contribution in [0.15, 0.2) is 24.3 Å². The summed E-state index contributed by atoms with van der Waals surface area (Å²) in [4.78, 5) is 14.7. The lowest BCUT2D eigenvalue weighted by atomic mass is 10.00. The molecule has 3 unspecified atom stereocenters. The molecule has 1 saturated heterocycles. The summed E-state index contributed by atoms with van der Waals surface area (Å²) in [6.45, 7) is 9.54. The summed E-state index contributed by atoms with van der Waals surface area (Å²) >= 11 is 0. The fourth-order valence-electron chi connectivity index (χ4n) is 3.14. The molecule has 0 aliphatic carbocycles. The van der Waals surface area contributed by atoms with Crippen molar-refractivity contribution in [1.29, 1.82) is 0 Å². The number of halogens is 2. The maximum atomic E-state index is 12.3. The smallest absolute Gasteiger partial charge is 0.241 e. The number of nitrogens with one attached hydrogen (secondary N) is 1. The fourth-order valence-corrected chi connectivity index (χ4v) is 3.14. The number of hydrogen-bond donors (Lipinski definition) is 2. The first-order valence-electron chi connectivity index (χ1n) is 8.30. The number of carbonyl (C=O) groups is 1. The summed E-state index contributed by atoms with van der Waals surface area (Å²) in [5.41, 5.74) is 8.10. The predicted octanol–water partition coefficient (Wildman–Crippen LogP) is 3.08.